The van der Waals surface area contributed by atoms with Gasteiger partial charge < -0.3 is 10.1 Å². The highest BCUT2D eigenvalue weighted by Gasteiger charge is 2.28. The minimum atomic E-state index is -3.87. The smallest absolute Gasteiger partial charge is 0.324 e. The van der Waals surface area contributed by atoms with E-state index >= 15 is 0 Å². The van der Waals surface area contributed by atoms with E-state index < -0.39 is 40.1 Å². The molecule has 0 saturated heterocycles. The van der Waals surface area contributed by atoms with Gasteiger partial charge in [0.25, 0.3) is 5.91 Å². The Morgan fingerprint density at radius 3 is 2.26 bits per heavy atom. The van der Waals surface area contributed by atoms with Crippen LogP contribution in [0.3, 0.4) is 0 Å². The number of esters is 1. The van der Waals surface area contributed by atoms with E-state index in [-0.39, 0.29) is 5.92 Å². The fourth-order valence-electron chi connectivity index (χ4n) is 2.09. The Morgan fingerprint density at radius 1 is 1.15 bits per heavy atom. The summed E-state index contributed by atoms with van der Waals surface area (Å²) in [6.07, 6.45) is 1.43. The molecule has 0 aliphatic rings. The molecular weight excluding hydrogens is 368 g/mol. The zero-order valence-corrected chi connectivity index (χ0v) is 17.2. The third-order valence-electron chi connectivity index (χ3n) is 3.31. The standard InChI is InChI=1S/C19H28N2O5S/c1-14(2)17(18(23)26-13-16(22)20-19(3,4)5)21-27(24,25)12-11-15-9-7-6-8-10-15/h6-12,14,17,21H,13H2,1-5H3,(H,20,22)/b12-11+. The van der Waals surface area contributed by atoms with Gasteiger partial charge in [-0.2, -0.15) is 4.72 Å². The topological polar surface area (TPSA) is 102 Å². The molecule has 0 aliphatic heterocycles. The Balaban J connectivity index is 2.73. The number of benzene rings is 1. The number of ether oxygens (including phenoxy) is 1. The Kier molecular flexibility index (Phi) is 8.18. The van der Waals surface area contributed by atoms with Crippen molar-refractivity contribution in [2.45, 2.75) is 46.2 Å². The maximum Gasteiger partial charge on any atom is 0.324 e. The zero-order chi connectivity index (χ0) is 20.7. The van der Waals surface area contributed by atoms with E-state index in [4.69, 9.17) is 4.74 Å². The molecule has 8 heteroatoms. The van der Waals surface area contributed by atoms with Gasteiger partial charge in [-0.25, -0.2) is 8.42 Å². The van der Waals surface area contributed by atoms with Crippen LogP contribution in [0.15, 0.2) is 35.7 Å². The van der Waals surface area contributed by atoms with Crippen LogP contribution in [-0.4, -0.2) is 38.5 Å². The first-order valence-corrected chi connectivity index (χ1v) is 10.2. The number of nitrogens with one attached hydrogen (secondary N) is 2. The van der Waals surface area contributed by atoms with Crippen LogP contribution in [0.1, 0.15) is 40.2 Å². The van der Waals surface area contributed by atoms with Crippen LogP contribution in [0.4, 0.5) is 0 Å². The van der Waals surface area contributed by atoms with Gasteiger partial charge in [0.1, 0.15) is 6.04 Å². The molecular formula is C19H28N2O5S. The molecule has 1 amide bonds. The molecule has 0 aromatic heterocycles. The van der Waals surface area contributed by atoms with E-state index in [2.05, 4.69) is 10.0 Å². The molecule has 2 N–H and O–H groups in total. The summed E-state index contributed by atoms with van der Waals surface area (Å²) in [5, 5.41) is 3.66. The molecule has 1 atom stereocenters. The Labute approximate surface area is 161 Å². The molecule has 27 heavy (non-hydrogen) atoms. The van der Waals surface area contributed by atoms with Crippen LogP contribution >= 0.6 is 0 Å². The molecule has 0 fully saturated rings. The molecule has 0 spiro atoms. The van der Waals surface area contributed by atoms with E-state index in [1.54, 1.807) is 58.9 Å². The average molecular weight is 397 g/mol. The van der Waals surface area contributed by atoms with Crippen molar-refractivity contribution >= 4 is 28.0 Å². The number of rotatable bonds is 8. The minimum Gasteiger partial charge on any atom is -0.454 e. The molecule has 0 heterocycles. The van der Waals surface area contributed by atoms with Crippen LogP contribution in [0, 0.1) is 5.92 Å². The number of hydrogen-bond acceptors (Lipinski definition) is 5. The lowest BCUT2D eigenvalue weighted by Crippen LogP contribution is -2.47. The van der Waals surface area contributed by atoms with E-state index in [0.717, 1.165) is 5.41 Å². The fraction of sp³-hybridized carbons (Fsp3) is 0.474. The summed E-state index contributed by atoms with van der Waals surface area (Å²) in [4.78, 5) is 24.0. The van der Waals surface area contributed by atoms with Crippen LogP contribution in [-0.2, 0) is 24.3 Å². The zero-order valence-electron chi connectivity index (χ0n) is 16.4. The highest BCUT2D eigenvalue weighted by Crippen LogP contribution is 2.09. The van der Waals surface area contributed by atoms with E-state index in [1.165, 1.54) is 6.08 Å². The van der Waals surface area contributed by atoms with Crippen molar-refractivity contribution < 1.29 is 22.7 Å². The Hall–Kier alpha value is -2.19. The van der Waals surface area contributed by atoms with Gasteiger partial charge in [0, 0.05) is 10.9 Å². The van der Waals surface area contributed by atoms with Crippen molar-refractivity contribution in [3.63, 3.8) is 0 Å². The summed E-state index contributed by atoms with van der Waals surface area (Å²) >= 11 is 0. The molecule has 1 aromatic rings. The molecule has 7 nitrogen and oxygen atoms in total. The highest BCUT2D eigenvalue weighted by molar-refractivity contribution is 7.92. The van der Waals surface area contributed by atoms with Crippen molar-refractivity contribution in [3.05, 3.63) is 41.3 Å². The Morgan fingerprint density at radius 2 is 1.74 bits per heavy atom. The third kappa shape index (κ3) is 9.35. The molecule has 0 bridgehead atoms. The second-order valence-electron chi connectivity index (χ2n) is 7.50. The van der Waals surface area contributed by atoms with Gasteiger partial charge in [-0.1, -0.05) is 44.2 Å². The summed E-state index contributed by atoms with van der Waals surface area (Å²) in [5.41, 5.74) is 0.260. The SMILES string of the molecule is CC(C)C(NS(=O)(=O)/C=C/c1ccccc1)C(=O)OCC(=O)NC(C)(C)C. The Bertz CT molecular complexity index is 765. The van der Waals surface area contributed by atoms with Crippen molar-refractivity contribution in [3.8, 4) is 0 Å². The van der Waals surface area contributed by atoms with Crippen molar-refractivity contribution in [2.24, 2.45) is 5.92 Å². The van der Waals surface area contributed by atoms with Gasteiger partial charge in [0.15, 0.2) is 6.61 Å². The molecule has 0 radical (unpaired) electrons. The lowest BCUT2D eigenvalue weighted by atomic mass is 10.1. The normalized spacial score (nSPS) is 13.6. The number of carbonyl (C=O) groups is 2. The monoisotopic (exact) mass is 396 g/mol. The first kappa shape index (κ1) is 22.9. The van der Waals surface area contributed by atoms with E-state index in [0.29, 0.717) is 5.56 Å². The number of sulfonamides is 1. The number of hydrogen-bond donors (Lipinski definition) is 2. The van der Waals surface area contributed by atoms with Crippen LogP contribution in [0.2, 0.25) is 0 Å². The largest absolute Gasteiger partial charge is 0.454 e. The summed E-state index contributed by atoms with van der Waals surface area (Å²) in [5.74, 6) is -1.61. The number of carbonyl (C=O) groups excluding carboxylic acids is 2. The number of amides is 1. The maximum absolute atomic E-state index is 12.3. The van der Waals surface area contributed by atoms with Gasteiger partial charge in [-0.15, -0.1) is 0 Å². The van der Waals surface area contributed by atoms with Gasteiger partial charge in [-0.3, -0.25) is 9.59 Å². The van der Waals surface area contributed by atoms with Crippen molar-refractivity contribution in [2.75, 3.05) is 6.61 Å². The first-order valence-electron chi connectivity index (χ1n) is 8.63. The van der Waals surface area contributed by atoms with Crippen molar-refractivity contribution in [1.29, 1.82) is 0 Å². The second-order valence-corrected chi connectivity index (χ2v) is 9.10. The summed E-state index contributed by atoms with van der Waals surface area (Å²) in [6.45, 7) is 8.31. The molecule has 1 aromatic carbocycles. The quantitative estimate of drug-likeness (QED) is 0.655. The molecule has 0 aliphatic carbocycles. The average Bonchev–Trinajstić information content (AvgIpc) is 2.55. The fourth-order valence-corrected chi connectivity index (χ4v) is 3.22. The van der Waals surface area contributed by atoms with E-state index in [9.17, 15) is 18.0 Å². The minimum absolute atomic E-state index is 0.358. The lowest BCUT2D eigenvalue weighted by Gasteiger charge is -2.22. The highest BCUT2D eigenvalue weighted by atomic mass is 32.2. The van der Waals surface area contributed by atoms with E-state index in [1.807, 2.05) is 6.07 Å². The van der Waals surface area contributed by atoms with Crippen molar-refractivity contribution in [1.82, 2.24) is 10.0 Å². The molecule has 0 saturated carbocycles. The van der Waals surface area contributed by atoms with Gasteiger partial charge in [0.05, 0.1) is 0 Å². The van der Waals surface area contributed by atoms with Crippen LogP contribution in [0.5, 0.6) is 0 Å². The molecule has 1 rings (SSSR count). The summed E-state index contributed by atoms with van der Waals surface area (Å²) in [6, 6.07) is 7.82. The first-order chi connectivity index (χ1) is 12.4. The predicted octanol–water partition coefficient (Wildman–Crippen LogP) is 2.06. The molecule has 150 valence electrons. The van der Waals surface area contributed by atoms with Gasteiger partial charge in [0.2, 0.25) is 10.0 Å². The second kappa shape index (κ2) is 9.66. The summed E-state index contributed by atoms with van der Waals surface area (Å²) in [7, 11) is -3.87. The summed E-state index contributed by atoms with van der Waals surface area (Å²) < 4.78 is 31.8. The van der Waals surface area contributed by atoms with Gasteiger partial charge >= 0.3 is 5.97 Å². The van der Waals surface area contributed by atoms with Gasteiger partial charge in [-0.05, 0) is 38.3 Å². The van der Waals surface area contributed by atoms with Crippen LogP contribution < -0.4 is 10.0 Å². The van der Waals surface area contributed by atoms with Crippen LogP contribution in [0.25, 0.3) is 6.08 Å². The third-order valence-corrected chi connectivity index (χ3v) is 4.39. The predicted molar refractivity (Wildman–Crippen MR) is 105 cm³/mol. The molecule has 1 unspecified atom stereocenters. The lowest BCUT2D eigenvalue weighted by molar-refractivity contribution is -0.151. The maximum atomic E-state index is 12.3.